The van der Waals surface area contributed by atoms with Gasteiger partial charge in [-0.15, -0.1) is 11.8 Å². The van der Waals surface area contributed by atoms with Crippen LogP contribution in [0.3, 0.4) is 0 Å². The van der Waals surface area contributed by atoms with Crippen molar-refractivity contribution < 1.29 is 4.79 Å². The summed E-state index contributed by atoms with van der Waals surface area (Å²) in [6, 6.07) is 21.9. The fourth-order valence-electron chi connectivity index (χ4n) is 5.57. The van der Waals surface area contributed by atoms with Crippen molar-refractivity contribution >= 4 is 23.4 Å². The molecule has 2 aromatic carbocycles. The van der Waals surface area contributed by atoms with E-state index in [9.17, 15) is 4.79 Å². The fraction of sp³-hybridized carbons (Fsp3) is 0.357. The van der Waals surface area contributed by atoms with Gasteiger partial charge in [0, 0.05) is 56.6 Å². The molecule has 35 heavy (non-hydrogen) atoms. The molecule has 1 aromatic heterocycles. The van der Waals surface area contributed by atoms with Crippen molar-refractivity contribution in [1.82, 2.24) is 20.5 Å². The number of carbonyl (C=O) groups excluding carboxylic acids is 1. The normalized spacial score (nSPS) is 23.7. The molecule has 0 aliphatic carbocycles. The second-order valence-corrected chi connectivity index (χ2v) is 10.7. The number of amides is 1. The third-order valence-electron chi connectivity index (χ3n) is 7.37. The standard InChI is InChI=1S/C28H31N5OS/c34-27(24-19-35-28(31-24)22-8-5-11-29-17-22)30-12-13-32-14-15-33-25-10-4-2-7-21(25)16-20-6-1-3-9-23(20)26(33)18-32/h1-11,17,24,26,28,31H,12-16,18-19H2,(H,30,34)/t24-,26+,28?/m0/s1. The monoisotopic (exact) mass is 485 g/mol. The van der Waals surface area contributed by atoms with Crippen LogP contribution in [0.25, 0.3) is 0 Å². The van der Waals surface area contributed by atoms with Gasteiger partial charge in [0.15, 0.2) is 0 Å². The summed E-state index contributed by atoms with van der Waals surface area (Å²) in [5.74, 6) is 0.874. The number of anilines is 1. The van der Waals surface area contributed by atoms with Crippen LogP contribution in [0.2, 0.25) is 0 Å². The van der Waals surface area contributed by atoms with Gasteiger partial charge in [-0.05, 0) is 40.8 Å². The zero-order valence-corrected chi connectivity index (χ0v) is 20.6. The Morgan fingerprint density at radius 1 is 1.06 bits per heavy atom. The molecule has 1 amide bonds. The van der Waals surface area contributed by atoms with Crippen molar-refractivity contribution in [3.63, 3.8) is 0 Å². The molecule has 3 atom stereocenters. The Hall–Kier alpha value is -2.87. The number of hydrogen-bond donors (Lipinski definition) is 2. The first-order valence-electron chi connectivity index (χ1n) is 12.5. The van der Waals surface area contributed by atoms with Gasteiger partial charge < -0.3 is 10.2 Å². The number of hydrogen-bond acceptors (Lipinski definition) is 6. The molecule has 2 N–H and O–H groups in total. The first kappa shape index (κ1) is 22.6. The molecule has 0 radical (unpaired) electrons. The van der Waals surface area contributed by atoms with Crippen molar-refractivity contribution in [2.24, 2.45) is 0 Å². The van der Waals surface area contributed by atoms with Crippen LogP contribution in [0.15, 0.2) is 73.1 Å². The number of rotatable bonds is 5. The lowest BCUT2D eigenvalue weighted by atomic mass is 9.96. The summed E-state index contributed by atoms with van der Waals surface area (Å²) in [5, 5.41) is 6.76. The maximum atomic E-state index is 12.8. The van der Waals surface area contributed by atoms with Crippen LogP contribution in [0.1, 0.15) is 33.7 Å². The maximum absolute atomic E-state index is 12.8. The van der Waals surface area contributed by atoms with E-state index in [4.69, 9.17) is 0 Å². The van der Waals surface area contributed by atoms with Gasteiger partial charge >= 0.3 is 0 Å². The highest BCUT2D eigenvalue weighted by atomic mass is 32.2. The minimum atomic E-state index is -0.160. The maximum Gasteiger partial charge on any atom is 0.238 e. The minimum Gasteiger partial charge on any atom is -0.362 e. The molecule has 3 aliphatic rings. The van der Waals surface area contributed by atoms with Gasteiger partial charge in [-0.1, -0.05) is 48.5 Å². The molecule has 2 fully saturated rings. The quantitative estimate of drug-likeness (QED) is 0.578. The van der Waals surface area contributed by atoms with E-state index in [1.54, 1.807) is 18.0 Å². The van der Waals surface area contributed by atoms with Crippen LogP contribution in [0, 0.1) is 0 Å². The first-order valence-corrected chi connectivity index (χ1v) is 13.5. The van der Waals surface area contributed by atoms with Crippen LogP contribution in [-0.2, 0) is 11.2 Å². The Kier molecular flexibility index (Phi) is 6.46. The molecule has 1 unspecified atom stereocenters. The van der Waals surface area contributed by atoms with Crippen LogP contribution in [0.4, 0.5) is 5.69 Å². The van der Waals surface area contributed by atoms with E-state index in [1.807, 2.05) is 12.3 Å². The van der Waals surface area contributed by atoms with E-state index in [1.165, 1.54) is 22.4 Å². The first-order chi connectivity index (χ1) is 17.3. The third kappa shape index (κ3) is 4.68. The Labute approximate surface area is 211 Å². The number of thioether (sulfide) groups is 1. The highest BCUT2D eigenvalue weighted by Crippen LogP contribution is 2.39. The van der Waals surface area contributed by atoms with E-state index >= 15 is 0 Å². The zero-order valence-electron chi connectivity index (χ0n) is 19.8. The number of pyridine rings is 1. The average molecular weight is 486 g/mol. The van der Waals surface area contributed by atoms with Crippen molar-refractivity contribution in [2.45, 2.75) is 23.9 Å². The van der Waals surface area contributed by atoms with E-state index in [0.29, 0.717) is 12.6 Å². The summed E-state index contributed by atoms with van der Waals surface area (Å²) >= 11 is 1.77. The van der Waals surface area contributed by atoms with E-state index in [2.05, 4.69) is 80.0 Å². The molecule has 0 bridgehead atoms. The number of para-hydroxylation sites is 1. The van der Waals surface area contributed by atoms with E-state index < -0.39 is 0 Å². The van der Waals surface area contributed by atoms with Gasteiger partial charge in [0.2, 0.25) is 5.91 Å². The fourth-order valence-corrected chi connectivity index (χ4v) is 6.79. The number of benzene rings is 2. The zero-order chi connectivity index (χ0) is 23.6. The number of aromatic nitrogens is 1. The van der Waals surface area contributed by atoms with Gasteiger partial charge in [-0.2, -0.15) is 0 Å². The topological polar surface area (TPSA) is 60.5 Å². The molecule has 3 aromatic rings. The molecule has 7 heteroatoms. The Morgan fingerprint density at radius 3 is 2.80 bits per heavy atom. The predicted octanol–water partition coefficient (Wildman–Crippen LogP) is 3.37. The Balaban J connectivity index is 1.07. The predicted molar refractivity (Wildman–Crippen MR) is 142 cm³/mol. The molecule has 0 saturated carbocycles. The summed E-state index contributed by atoms with van der Waals surface area (Å²) in [7, 11) is 0. The van der Waals surface area contributed by atoms with E-state index in [-0.39, 0.29) is 17.3 Å². The minimum absolute atomic E-state index is 0.0938. The molecule has 6 rings (SSSR count). The number of fused-ring (bicyclic) bond motifs is 5. The SMILES string of the molecule is O=C(NCCN1CCN2c3ccccc3Cc3ccccc3[C@H]2C1)[C@@H]1CSC(c2cccnc2)N1. The molecular formula is C28H31N5OS. The molecule has 6 nitrogen and oxygen atoms in total. The second-order valence-electron chi connectivity index (χ2n) is 9.52. The van der Waals surface area contributed by atoms with Crippen molar-refractivity contribution in [3.8, 4) is 0 Å². The van der Waals surface area contributed by atoms with Gasteiger partial charge in [0.05, 0.1) is 17.5 Å². The number of piperazine rings is 1. The molecule has 180 valence electrons. The van der Waals surface area contributed by atoms with Crippen molar-refractivity contribution in [1.29, 1.82) is 0 Å². The molecular weight excluding hydrogens is 454 g/mol. The van der Waals surface area contributed by atoms with Crippen molar-refractivity contribution in [2.75, 3.05) is 43.4 Å². The summed E-state index contributed by atoms with van der Waals surface area (Å²) in [6.07, 6.45) is 4.63. The number of nitrogens with one attached hydrogen (secondary N) is 2. The molecule has 3 aliphatic heterocycles. The molecule has 4 heterocycles. The number of nitrogens with zero attached hydrogens (tertiary/aromatic N) is 3. The second kappa shape index (κ2) is 10.0. The highest BCUT2D eigenvalue weighted by Gasteiger charge is 2.34. The van der Waals surface area contributed by atoms with Crippen LogP contribution in [0.5, 0.6) is 0 Å². The average Bonchev–Trinajstić information content (AvgIpc) is 3.36. The number of carbonyl (C=O) groups is 1. The lowest BCUT2D eigenvalue weighted by Gasteiger charge is -2.43. The largest absolute Gasteiger partial charge is 0.362 e. The lowest BCUT2D eigenvalue weighted by molar-refractivity contribution is -0.122. The highest BCUT2D eigenvalue weighted by molar-refractivity contribution is 7.99. The smallest absolute Gasteiger partial charge is 0.238 e. The van der Waals surface area contributed by atoms with Crippen LogP contribution >= 0.6 is 11.8 Å². The van der Waals surface area contributed by atoms with E-state index in [0.717, 1.165) is 43.9 Å². The summed E-state index contributed by atoms with van der Waals surface area (Å²) < 4.78 is 0. The lowest BCUT2D eigenvalue weighted by Crippen LogP contribution is -2.51. The van der Waals surface area contributed by atoms with Gasteiger partial charge in [0.25, 0.3) is 0 Å². The Morgan fingerprint density at radius 2 is 1.91 bits per heavy atom. The van der Waals surface area contributed by atoms with Crippen LogP contribution < -0.4 is 15.5 Å². The summed E-state index contributed by atoms with van der Waals surface area (Å²) in [6.45, 7) is 4.51. The third-order valence-corrected chi connectivity index (χ3v) is 8.64. The molecule has 2 saturated heterocycles. The summed E-state index contributed by atoms with van der Waals surface area (Å²) in [5.41, 5.74) is 6.77. The summed E-state index contributed by atoms with van der Waals surface area (Å²) in [4.78, 5) is 22.1. The Bertz CT molecular complexity index is 1190. The van der Waals surface area contributed by atoms with Gasteiger partial charge in [0.1, 0.15) is 0 Å². The van der Waals surface area contributed by atoms with Crippen molar-refractivity contribution in [3.05, 3.63) is 95.3 Å². The van der Waals surface area contributed by atoms with Crippen LogP contribution in [-0.4, -0.2) is 60.3 Å². The van der Waals surface area contributed by atoms with Gasteiger partial charge in [-0.25, -0.2) is 0 Å². The molecule has 0 spiro atoms. The van der Waals surface area contributed by atoms with Gasteiger partial charge in [-0.3, -0.25) is 20.0 Å².